The Labute approximate surface area is 193 Å². The van der Waals surface area contributed by atoms with Gasteiger partial charge in [0.25, 0.3) is 0 Å². The maximum atomic E-state index is 12.8. The molecule has 3 fully saturated rings. The number of carbonyl (C=O) groups excluding carboxylic acids is 4. The Morgan fingerprint density at radius 1 is 1.12 bits per heavy atom. The summed E-state index contributed by atoms with van der Waals surface area (Å²) in [7, 11) is 0. The molecule has 1 aliphatic heterocycles. The molecular formula is C24H32O9. The number of hydrogen-bond acceptors (Lipinski definition) is 9. The molecule has 1 heterocycles. The summed E-state index contributed by atoms with van der Waals surface area (Å²) in [6, 6.07) is 0. The van der Waals surface area contributed by atoms with E-state index in [0.717, 1.165) is 0 Å². The highest BCUT2D eigenvalue weighted by atomic mass is 16.6. The van der Waals surface area contributed by atoms with Gasteiger partial charge in [0.2, 0.25) is 0 Å². The Kier molecular flexibility index (Phi) is 6.50. The summed E-state index contributed by atoms with van der Waals surface area (Å²) in [6.07, 6.45) is -1.82. The van der Waals surface area contributed by atoms with Crippen molar-refractivity contribution < 1.29 is 43.2 Å². The molecule has 0 radical (unpaired) electrons. The fourth-order valence-corrected chi connectivity index (χ4v) is 5.87. The minimum atomic E-state index is -1.41. The van der Waals surface area contributed by atoms with Crippen LogP contribution in [0, 0.1) is 17.3 Å². The average Bonchev–Trinajstić information content (AvgIpc) is 3.00. The second-order valence-electron chi connectivity index (χ2n) is 9.63. The van der Waals surface area contributed by atoms with Crippen LogP contribution < -0.4 is 0 Å². The second kappa shape index (κ2) is 8.59. The molecule has 3 aliphatic rings. The fraction of sp³-hybridized carbons (Fsp3) is 0.667. The van der Waals surface area contributed by atoms with Crippen LogP contribution in [0.4, 0.5) is 0 Å². The first kappa shape index (κ1) is 25.0. The Morgan fingerprint density at radius 3 is 2.27 bits per heavy atom. The van der Waals surface area contributed by atoms with Crippen LogP contribution >= 0.6 is 0 Å². The van der Waals surface area contributed by atoms with Crippen molar-refractivity contribution in [1.82, 2.24) is 0 Å². The van der Waals surface area contributed by atoms with Gasteiger partial charge in [-0.15, -0.1) is 0 Å². The Hall–Kier alpha value is -2.68. The predicted octanol–water partition coefficient (Wildman–Crippen LogP) is 2.01. The Morgan fingerprint density at radius 2 is 1.73 bits per heavy atom. The topological polar surface area (TPSA) is 125 Å². The van der Waals surface area contributed by atoms with Crippen LogP contribution in [-0.2, 0) is 38.1 Å². The molecule has 0 amide bonds. The minimum Gasteiger partial charge on any atom is -0.462 e. The molecule has 0 spiro atoms. The van der Waals surface area contributed by atoms with Gasteiger partial charge in [-0.1, -0.05) is 19.6 Å². The number of rotatable bonds is 4. The van der Waals surface area contributed by atoms with Gasteiger partial charge >= 0.3 is 23.9 Å². The van der Waals surface area contributed by atoms with Crippen molar-refractivity contribution in [2.75, 3.05) is 0 Å². The van der Waals surface area contributed by atoms with E-state index in [1.807, 2.05) is 0 Å². The van der Waals surface area contributed by atoms with Crippen LogP contribution in [0.1, 0.15) is 54.4 Å². The summed E-state index contributed by atoms with van der Waals surface area (Å²) in [5, 5.41) is 11.5. The molecule has 8 atom stereocenters. The van der Waals surface area contributed by atoms with Crippen molar-refractivity contribution in [3.8, 4) is 0 Å². The van der Waals surface area contributed by atoms with E-state index >= 15 is 0 Å². The van der Waals surface area contributed by atoms with Gasteiger partial charge in [-0.05, 0) is 33.6 Å². The van der Waals surface area contributed by atoms with Crippen molar-refractivity contribution >= 4 is 23.9 Å². The van der Waals surface area contributed by atoms with Gasteiger partial charge in [-0.25, -0.2) is 9.59 Å². The van der Waals surface area contributed by atoms with Crippen molar-refractivity contribution in [1.29, 1.82) is 0 Å². The molecule has 0 aromatic carbocycles. The molecule has 9 nitrogen and oxygen atoms in total. The van der Waals surface area contributed by atoms with Crippen LogP contribution in [0.15, 0.2) is 23.8 Å². The monoisotopic (exact) mass is 464 g/mol. The smallest absolute Gasteiger partial charge is 0.334 e. The summed E-state index contributed by atoms with van der Waals surface area (Å²) < 4.78 is 22.8. The number of hydrogen-bond donors (Lipinski definition) is 1. The van der Waals surface area contributed by atoms with E-state index in [9.17, 15) is 24.3 Å². The molecule has 3 rings (SSSR count). The van der Waals surface area contributed by atoms with Crippen molar-refractivity contribution in [3.63, 3.8) is 0 Å². The van der Waals surface area contributed by atoms with Crippen molar-refractivity contribution in [3.05, 3.63) is 23.8 Å². The Balaban J connectivity index is 2.24. The second-order valence-corrected chi connectivity index (χ2v) is 9.63. The zero-order chi connectivity index (χ0) is 24.9. The third-order valence-electron chi connectivity index (χ3n) is 7.40. The van der Waals surface area contributed by atoms with Crippen LogP contribution in [0.5, 0.6) is 0 Å². The molecule has 182 valence electrons. The van der Waals surface area contributed by atoms with Gasteiger partial charge in [0.05, 0.1) is 16.9 Å². The molecule has 2 saturated carbocycles. The van der Waals surface area contributed by atoms with Gasteiger partial charge in [-0.2, -0.15) is 0 Å². The van der Waals surface area contributed by atoms with Gasteiger partial charge in [0, 0.05) is 30.9 Å². The van der Waals surface area contributed by atoms with E-state index in [1.165, 1.54) is 13.8 Å². The highest BCUT2D eigenvalue weighted by Gasteiger charge is 2.72. The van der Waals surface area contributed by atoms with E-state index in [0.29, 0.717) is 5.57 Å². The quantitative estimate of drug-likeness (QED) is 0.378. The maximum Gasteiger partial charge on any atom is 0.334 e. The summed E-state index contributed by atoms with van der Waals surface area (Å²) in [5.41, 5.74) is -2.23. The lowest BCUT2D eigenvalue weighted by Gasteiger charge is -2.61. The lowest BCUT2D eigenvalue weighted by atomic mass is 9.49. The average molecular weight is 465 g/mol. The first-order chi connectivity index (χ1) is 15.2. The van der Waals surface area contributed by atoms with E-state index < -0.39 is 71.1 Å². The van der Waals surface area contributed by atoms with Gasteiger partial charge in [-0.3, -0.25) is 9.59 Å². The first-order valence-electron chi connectivity index (χ1n) is 11.1. The highest BCUT2D eigenvalue weighted by molar-refractivity contribution is 5.92. The van der Waals surface area contributed by atoms with E-state index in [-0.39, 0.29) is 18.4 Å². The zero-order valence-electron chi connectivity index (χ0n) is 19.9. The number of allylic oxidation sites excluding steroid dienone is 1. The number of carbonyl (C=O) groups is 4. The maximum absolute atomic E-state index is 12.8. The molecule has 0 unspecified atom stereocenters. The molecule has 2 aliphatic carbocycles. The third kappa shape index (κ3) is 4.07. The van der Waals surface area contributed by atoms with Crippen molar-refractivity contribution in [2.45, 2.75) is 84.4 Å². The van der Waals surface area contributed by atoms with Gasteiger partial charge in [0.15, 0.2) is 6.10 Å². The SMILES string of the molecule is C=C1C(=O)O[C@@H]2[C@H]1[C@@H](OC(=O)/C(C)=C\C)[C@@H]1[C@@](C)([C@@H]2OC(C)=O)[C@H](OC(C)=O)CC[C@@]1(C)O. The van der Waals surface area contributed by atoms with Gasteiger partial charge < -0.3 is 24.1 Å². The number of esters is 4. The number of aliphatic hydroxyl groups is 1. The van der Waals surface area contributed by atoms with Crippen LogP contribution in [-0.4, -0.2) is 59.0 Å². The van der Waals surface area contributed by atoms with E-state index in [1.54, 1.807) is 33.8 Å². The fourth-order valence-electron chi connectivity index (χ4n) is 5.87. The minimum absolute atomic E-state index is 0.0699. The van der Waals surface area contributed by atoms with E-state index in [4.69, 9.17) is 18.9 Å². The number of ether oxygens (including phenoxy) is 4. The summed E-state index contributed by atoms with van der Waals surface area (Å²) >= 11 is 0. The summed E-state index contributed by atoms with van der Waals surface area (Å²) in [4.78, 5) is 49.5. The molecule has 0 bridgehead atoms. The molecule has 1 saturated heterocycles. The van der Waals surface area contributed by atoms with Crippen molar-refractivity contribution in [2.24, 2.45) is 17.3 Å². The number of fused-ring (bicyclic) bond motifs is 2. The molecule has 1 N–H and O–H groups in total. The zero-order valence-corrected chi connectivity index (χ0v) is 19.9. The molecular weight excluding hydrogens is 432 g/mol. The lowest BCUT2D eigenvalue weighted by molar-refractivity contribution is -0.279. The first-order valence-corrected chi connectivity index (χ1v) is 11.1. The molecule has 9 heteroatoms. The third-order valence-corrected chi connectivity index (χ3v) is 7.40. The molecule has 0 aromatic rings. The molecule has 0 aromatic heterocycles. The largest absolute Gasteiger partial charge is 0.462 e. The van der Waals surface area contributed by atoms with Crippen LogP contribution in [0.25, 0.3) is 0 Å². The molecule has 33 heavy (non-hydrogen) atoms. The standard InChI is InChI=1S/C24H32O9/c1-8-11(2)21(27)32-17-16-12(3)22(28)33-18(16)20(31-14(5)26)24(7)15(30-13(4)25)9-10-23(6,29)19(17)24/h8,15-20,29H,3,9-10H2,1-2,4-7H3/b11-8-/t15-,16-,17-,18-,19+,20-,23-,24+/m1/s1. The van der Waals surface area contributed by atoms with Crippen LogP contribution in [0.3, 0.4) is 0 Å². The van der Waals surface area contributed by atoms with E-state index in [2.05, 4.69) is 6.58 Å². The summed E-state index contributed by atoms with van der Waals surface area (Å²) in [6.45, 7) is 12.9. The normalized spacial score (nSPS) is 40.3. The summed E-state index contributed by atoms with van der Waals surface area (Å²) in [5.74, 6) is -4.20. The highest BCUT2D eigenvalue weighted by Crippen LogP contribution is 2.60. The predicted molar refractivity (Wildman–Crippen MR) is 114 cm³/mol. The lowest BCUT2D eigenvalue weighted by Crippen LogP contribution is -2.72. The van der Waals surface area contributed by atoms with Gasteiger partial charge in [0.1, 0.15) is 18.3 Å². The Bertz CT molecular complexity index is 917. The van der Waals surface area contributed by atoms with Crippen LogP contribution in [0.2, 0.25) is 0 Å².